The Labute approximate surface area is 60.6 Å². The molecule has 1 heterocycles. The second-order valence-electron chi connectivity index (χ2n) is 3.16. The molecule has 1 saturated heterocycles. The molecule has 1 unspecified atom stereocenters. The van der Waals surface area contributed by atoms with Gasteiger partial charge in [0.15, 0.2) is 0 Å². The van der Waals surface area contributed by atoms with Crippen molar-refractivity contribution in [3.05, 3.63) is 0 Å². The molecule has 1 aliphatic heterocycles. The summed E-state index contributed by atoms with van der Waals surface area (Å²) in [5, 5.41) is 8.53. The zero-order valence-corrected chi connectivity index (χ0v) is 6.31. The maximum absolute atomic E-state index is 13.1. The summed E-state index contributed by atoms with van der Waals surface area (Å²) in [7, 11) is 0. The van der Waals surface area contributed by atoms with Crippen LogP contribution in [0.4, 0.5) is 4.39 Å². The van der Waals surface area contributed by atoms with Gasteiger partial charge in [-0.05, 0) is 13.3 Å². The molecule has 1 atom stereocenters. The lowest BCUT2D eigenvalue weighted by atomic mass is 10.1. The first kappa shape index (κ1) is 7.95. The molecule has 1 fully saturated rings. The molecule has 3 heteroatoms. The van der Waals surface area contributed by atoms with Gasteiger partial charge in [-0.3, -0.25) is 4.90 Å². The van der Waals surface area contributed by atoms with Gasteiger partial charge >= 0.3 is 0 Å². The molecule has 0 aliphatic carbocycles. The van der Waals surface area contributed by atoms with Crippen LogP contribution in [0.1, 0.15) is 13.3 Å². The van der Waals surface area contributed by atoms with Crippen molar-refractivity contribution >= 4 is 0 Å². The molecule has 0 spiro atoms. The van der Waals surface area contributed by atoms with Crippen molar-refractivity contribution in [3.63, 3.8) is 0 Å². The summed E-state index contributed by atoms with van der Waals surface area (Å²) < 4.78 is 13.1. The molecular weight excluding hydrogens is 133 g/mol. The van der Waals surface area contributed by atoms with Gasteiger partial charge in [0.05, 0.1) is 6.61 Å². The normalized spacial score (nSPS) is 35.1. The fraction of sp³-hybridized carbons (Fsp3) is 1.00. The van der Waals surface area contributed by atoms with E-state index in [1.54, 1.807) is 6.92 Å². The molecule has 0 aromatic carbocycles. The number of hydrogen-bond acceptors (Lipinski definition) is 2. The Balaban J connectivity index is 2.29. The third-order valence-electron chi connectivity index (χ3n) is 1.92. The van der Waals surface area contributed by atoms with E-state index in [0.717, 1.165) is 6.54 Å². The highest BCUT2D eigenvalue weighted by atomic mass is 19.1. The number of likely N-dealkylation sites (tertiary alicyclic amines) is 1. The van der Waals surface area contributed by atoms with Crippen LogP contribution in [0.25, 0.3) is 0 Å². The van der Waals surface area contributed by atoms with E-state index in [4.69, 9.17) is 5.11 Å². The van der Waals surface area contributed by atoms with Crippen LogP contribution in [0.5, 0.6) is 0 Å². The largest absolute Gasteiger partial charge is 0.395 e. The highest BCUT2D eigenvalue weighted by molar-refractivity contribution is 4.85. The summed E-state index contributed by atoms with van der Waals surface area (Å²) >= 11 is 0. The summed E-state index contributed by atoms with van der Waals surface area (Å²) in [6, 6.07) is 0. The molecule has 0 aromatic rings. The van der Waals surface area contributed by atoms with Gasteiger partial charge in [-0.25, -0.2) is 4.39 Å². The third kappa shape index (κ3) is 1.92. The first-order chi connectivity index (χ1) is 4.64. The predicted octanol–water partition coefficient (Wildman–Crippen LogP) is 0.413. The van der Waals surface area contributed by atoms with Crippen molar-refractivity contribution in [2.45, 2.75) is 19.0 Å². The lowest BCUT2D eigenvalue weighted by molar-refractivity contribution is 0.170. The Morgan fingerprint density at radius 3 is 2.80 bits per heavy atom. The summed E-state index contributed by atoms with van der Waals surface area (Å²) in [4.78, 5) is 1.94. The number of rotatable bonds is 2. The number of aliphatic hydroxyl groups is 1. The molecule has 1 N–H and O–H groups in total. The van der Waals surface area contributed by atoms with E-state index in [-0.39, 0.29) is 6.61 Å². The second kappa shape index (κ2) is 2.84. The molecule has 0 saturated carbocycles. The minimum atomic E-state index is -1.02. The van der Waals surface area contributed by atoms with Crippen LogP contribution >= 0.6 is 0 Å². The zero-order chi connectivity index (χ0) is 7.61. The van der Waals surface area contributed by atoms with E-state index < -0.39 is 5.67 Å². The Morgan fingerprint density at radius 2 is 2.40 bits per heavy atom. The summed E-state index contributed by atoms with van der Waals surface area (Å²) in [5.74, 6) is 0. The molecular formula is C7H14FNO. The highest BCUT2D eigenvalue weighted by Crippen LogP contribution is 2.23. The molecule has 0 aromatic heterocycles. The lowest BCUT2D eigenvalue weighted by Crippen LogP contribution is -2.28. The number of hydrogen-bond donors (Lipinski definition) is 1. The molecule has 60 valence electrons. The summed E-state index contributed by atoms with van der Waals surface area (Å²) in [6.07, 6.45) is 0.604. The molecule has 0 amide bonds. The van der Waals surface area contributed by atoms with Gasteiger partial charge in [0.2, 0.25) is 0 Å². The maximum Gasteiger partial charge on any atom is 0.122 e. The zero-order valence-electron chi connectivity index (χ0n) is 6.31. The molecule has 0 bridgehead atoms. The second-order valence-corrected chi connectivity index (χ2v) is 3.16. The maximum atomic E-state index is 13.1. The average molecular weight is 147 g/mol. The van der Waals surface area contributed by atoms with Crippen molar-refractivity contribution in [1.29, 1.82) is 0 Å². The predicted molar refractivity (Wildman–Crippen MR) is 37.7 cm³/mol. The number of alkyl halides is 1. The van der Waals surface area contributed by atoms with E-state index in [0.29, 0.717) is 19.5 Å². The van der Waals surface area contributed by atoms with E-state index in [1.807, 2.05) is 4.90 Å². The minimum absolute atomic E-state index is 0.135. The molecule has 2 nitrogen and oxygen atoms in total. The SMILES string of the molecule is CC1(F)CCN(CCO)C1. The van der Waals surface area contributed by atoms with E-state index in [2.05, 4.69) is 0 Å². The van der Waals surface area contributed by atoms with Crippen molar-refractivity contribution in [1.82, 2.24) is 4.90 Å². The van der Waals surface area contributed by atoms with Gasteiger partial charge in [-0.1, -0.05) is 0 Å². The third-order valence-corrected chi connectivity index (χ3v) is 1.92. The Morgan fingerprint density at radius 1 is 1.70 bits per heavy atom. The van der Waals surface area contributed by atoms with Crippen LogP contribution in [0.3, 0.4) is 0 Å². The van der Waals surface area contributed by atoms with Crippen LogP contribution in [0, 0.1) is 0 Å². The Kier molecular flexibility index (Phi) is 2.26. The van der Waals surface area contributed by atoms with Crippen LogP contribution in [-0.4, -0.2) is 41.9 Å². The summed E-state index contributed by atoms with van der Waals surface area (Å²) in [6.45, 7) is 3.63. The lowest BCUT2D eigenvalue weighted by Gasteiger charge is -2.15. The molecule has 1 rings (SSSR count). The number of β-amino-alcohol motifs (C(OH)–C–C–N with tert-alkyl or cyclic N) is 1. The van der Waals surface area contributed by atoms with Crippen molar-refractivity contribution < 1.29 is 9.50 Å². The number of halogens is 1. The van der Waals surface area contributed by atoms with Crippen molar-refractivity contribution in [2.75, 3.05) is 26.2 Å². The summed E-state index contributed by atoms with van der Waals surface area (Å²) in [5.41, 5.74) is -1.02. The van der Waals surface area contributed by atoms with Crippen LogP contribution in [-0.2, 0) is 0 Å². The fourth-order valence-electron chi connectivity index (χ4n) is 1.35. The molecule has 0 radical (unpaired) electrons. The highest BCUT2D eigenvalue weighted by Gasteiger charge is 2.32. The van der Waals surface area contributed by atoms with E-state index >= 15 is 0 Å². The number of nitrogens with zero attached hydrogens (tertiary/aromatic N) is 1. The first-order valence-corrected chi connectivity index (χ1v) is 3.66. The van der Waals surface area contributed by atoms with Gasteiger partial charge in [-0.15, -0.1) is 0 Å². The van der Waals surface area contributed by atoms with Crippen molar-refractivity contribution in [2.24, 2.45) is 0 Å². The van der Waals surface area contributed by atoms with Crippen molar-refractivity contribution in [3.8, 4) is 0 Å². The molecule has 10 heavy (non-hydrogen) atoms. The van der Waals surface area contributed by atoms with Gasteiger partial charge in [0, 0.05) is 19.6 Å². The van der Waals surface area contributed by atoms with Crippen LogP contribution < -0.4 is 0 Å². The standard InChI is InChI=1S/C7H14FNO/c1-7(8)2-3-9(6-7)4-5-10/h10H,2-6H2,1H3. The van der Waals surface area contributed by atoms with Gasteiger partial charge in [0.1, 0.15) is 5.67 Å². The Bertz CT molecular complexity index is 116. The number of aliphatic hydroxyl groups excluding tert-OH is 1. The van der Waals surface area contributed by atoms with E-state index in [1.165, 1.54) is 0 Å². The van der Waals surface area contributed by atoms with Crippen LogP contribution in [0.2, 0.25) is 0 Å². The van der Waals surface area contributed by atoms with Gasteiger partial charge < -0.3 is 5.11 Å². The fourth-order valence-corrected chi connectivity index (χ4v) is 1.35. The van der Waals surface area contributed by atoms with E-state index in [9.17, 15) is 4.39 Å². The van der Waals surface area contributed by atoms with Crippen LogP contribution in [0.15, 0.2) is 0 Å². The minimum Gasteiger partial charge on any atom is -0.395 e. The average Bonchev–Trinajstić information content (AvgIpc) is 2.12. The van der Waals surface area contributed by atoms with Gasteiger partial charge in [-0.2, -0.15) is 0 Å². The quantitative estimate of drug-likeness (QED) is 0.611. The monoisotopic (exact) mass is 147 g/mol. The Hall–Kier alpha value is -0.150. The van der Waals surface area contributed by atoms with Gasteiger partial charge in [0.25, 0.3) is 0 Å². The first-order valence-electron chi connectivity index (χ1n) is 3.66. The topological polar surface area (TPSA) is 23.5 Å². The molecule has 1 aliphatic rings. The smallest absolute Gasteiger partial charge is 0.122 e.